The molecule has 1 unspecified atom stereocenters. The van der Waals surface area contributed by atoms with Gasteiger partial charge in [0.1, 0.15) is 28.6 Å². The molecule has 1 aromatic carbocycles. The van der Waals surface area contributed by atoms with E-state index in [-0.39, 0.29) is 35.5 Å². The molecule has 7 heteroatoms. The van der Waals surface area contributed by atoms with Crippen molar-refractivity contribution in [1.29, 1.82) is 0 Å². The zero-order valence-electron chi connectivity index (χ0n) is 19.9. The normalized spacial score (nSPS) is 18.9. The van der Waals surface area contributed by atoms with Gasteiger partial charge in [0.2, 0.25) is 0 Å². The zero-order chi connectivity index (χ0) is 24.8. The summed E-state index contributed by atoms with van der Waals surface area (Å²) in [6, 6.07) is 0.970. The number of hydrogen-bond donors (Lipinski definition) is 4. The molecule has 0 amide bonds. The SMILES string of the molecule is CCCC(=O)c1c(O)cc(O)c(C(CC(C)C)C2=C(O)C(C)(C)C(=O)C(C)(C)C2=O)c1O. The van der Waals surface area contributed by atoms with Crippen LogP contribution in [0, 0.1) is 16.7 Å². The molecule has 0 radical (unpaired) electrons. The zero-order valence-corrected chi connectivity index (χ0v) is 19.9. The van der Waals surface area contributed by atoms with Crippen LogP contribution in [-0.2, 0) is 9.59 Å². The molecule has 1 aliphatic rings. The summed E-state index contributed by atoms with van der Waals surface area (Å²) in [7, 11) is 0. The minimum Gasteiger partial charge on any atom is -0.511 e. The third-order valence-electron chi connectivity index (χ3n) is 6.25. The second-order valence-electron chi connectivity index (χ2n) is 10.1. The van der Waals surface area contributed by atoms with Gasteiger partial charge in [-0.15, -0.1) is 0 Å². The van der Waals surface area contributed by atoms with Gasteiger partial charge in [0.05, 0.1) is 10.8 Å². The number of carbonyl (C=O) groups is 3. The molecule has 176 valence electrons. The number of Topliss-reactive ketones (excluding diaryl/α,β-unsaturated/α-hetero) is 3. The van der Waals surface area contributed by atoms with Crippen LogP contribution in [0.4, 0.5) is 0 Å². The predicted octanol–water partition coefficient (Wildman–Crippen LogP) is 4.93. The summed E-state index contributed by atoms with van der Waals surface area (Å²) in [5.74, 6) is -4.67. The number of aliphatic hydroxyl groups is 1. The standard InChI is InChI=1S/C25H34O7/c1-8-9-14(26)19-16(28)11-15(27)17(20(19)29)13(10-12(2)3)18-21(30)24(4,5)23(32)25(6,7)22(18)31/h11-13,27-30H,8-10H2,1-7H3. The van der Waals surface area contributed by atoms with Crippen molar-refractivity contribution in [3.63, 3.8) is 0 Å². The third-order valence-corrected chi connectivity index (χ3v) is 6.25. The van der Waals surface area contributed by atoms with Crippen LogP contribution < -0.4 is 0 Å². The first-order valence-corrected chi connectivity index (χ1v) is 10.9. The minimum atomic E-state index is -1.43. The molecule has 32 heavy (non-hydrogen) atoms. The predicted molar refractivity (Wildman–Crippen MR) is 120 cm³/mol. The molecule has 0 fully saturated rings. The highest BCUT2D eigenvalue weighted by Gasteiger charge is 2.55. The average molecular weight is 447 g/mol. The highest BCUT2D eigenvalue weighted by Crippen LogP contribution is 2.52. The summed E-state index contributed by atoms with van der Waals surface area (Å²) < 4.78 is 0. The number of benzene rings is 1. The maximum Gasteiger partial charge on any atom is 0.175 e. The maximum absolute atomic E-state index is 13.4. The summed E-state index contributed by atoms with van der Waals surface area (Å²) in [6.07, 6.45) is 0.790. The van der Waals surface area contributed by atoms with Gasteiger partial charge in [0, 0.05) is 29.5 Å². The van der Waals surface area contributed by atoms with E-state index in [0.29, 0.717) is 6.42 Å². The Kier molecular flexibility index (Phi) is 6.84. The van der Waals surface area contributed by atoms with Crippen LogP contribution in [0.2, 0.25) is 0 Å². The van der Waals surface area contributed by atoms with Gasteiger partial charge in [0.15, 0.2) is 17.3 Å². The van der Waals surface area contributed by atoms with Crippen LogP contribution in [0.1, 0.15) is 89.6 Å². The van der Waals surface area contributed by atoms with Crippen molar-refractivity contribution in [2.45, 2.75) is 73.6 Å². The second-order valence-corrected chi connectivity index (χ2v) is 10.1. The molecule has 0 aliphatic heterocycles. The summed E-state index contributed by atoms with van der Waals surface area (Å²) in [5.41, 5.74) is -3.30. The van der Waals surface area contributed by atoms with Crippen molar-refractivity contribution >= 4 is 17.3 Å². The Balaban J connectivity index is 2.91. The monoisotopic (exact) mass is 446 g/mol. The number of allylic oxidation sites excluding steroid dienone is 2. The summed E-state index contributed by atoms with van der Waals surface area (Å²) in [6.45, 7) is 11.6. The number of ketones is 3. The van der Waals surface area contributed by atoms with Crippen LogP contribution in [0.5, 0.6) is 17.2 Å². The molecule has 1 aromatic rings. The number of hydrogen-bond acceptors (Lipinski definition) is 7. The van der Waals surface area contributed by atoms with Gasteiger partial charge in [0.25, 0.3) is 0 Å². The van der Waals surface area contributed by atoms with E-state index in [1.807, 2.05) is 13.8 Å². The Labute approximate surface area is 188 Å². The van der Waals surface area contributed by atoms with Crippen molar-refractivity contribution in [2.24, 2.45) is 16.7 Å². The van der Waals surface area contributed by atoms with Crippen molar-refractivity contribution in [2.75, 3.05) is 0 Å². The van der Waals surface area contributed by atoms with Gasteiger partial charge in [-0.2, -0.15) is 0 Å². The van der Waals surface area contributed by atoms with Crippen LogP contribution >= 0.6 is 0 Å². The van der Waals surface area contributed by atoms with E-state index >= 15 is 0 Å². The lowest BCUT2D eigenvalue weighted by Gasteiger charge is -2.41. The number of phenolic OH excluding ortho intramolecular Hbond substituents is 3. The minimum absolute atomic E-state index is 0.0423. The van der Waals surface area contributed by atoms with Crippen molar-refractivity contribution in [3.05, 3.63) is 28.5 Å². The van der Waals surface area contributed by atoms with Crippen LogP contribution in [0.15, 0.2) is 17.4 Å². The van der Waals surface area contributed by atoms with Crippen molar-refractivity contribution in [1.82, 2.24) is 0 Å². The quantitative estimate of drug-likeness (QED) is 0.345. The molecule has 0 aromatic heterocycles. The van der Waals surface area contributed by atoms with Gasteiger partial charge in [-0.3, -0.25) is 14.4 Å². The fraction of sp³-hybridized carbons (Fsp3) is 0.560. The smallest absolute Gasteiger partial charge is 0.175 e. The molecule has 0 saturated heterocycles. The number of aliphatic hydroxyl groups excluding tert-OH is 1. The first-order chi connectivity index (χ1) is 14.6. The molecule has 4 N–H and O–H groups in total. The Bertz CT molecular complexity index is 996. The second kappa shape index (κ2) is 8.60. The van der Waals surface area contributed by atoms with Crippen molar-refractivity contribution in [3.8, 4) is 17.2 Å². The number of rotatable bonds is 7. The van der Waals surface area contributed by atoms with E-state index < -0.39 is 57.1 Å². The van der Waals surface area contributed by atoms with Crippen LogP contribution in [-0.4, -0.2) is 37.8 Å². The average Bonchev–Trinajstić information content (AvgIpc) is 2.65. The summed E-state index contributed by atoms with van der Waals surface area (Å²) >= 11 is 0. The van der Waals surface area contributed by atoms with Gasteiger partial charge in [-0.25, -0.2) is 0 Å². The van der Waals surface area contributed by atoms with Crippen LogP contribution in [0.3, 0.4) is 0 Å². The number of aromatic hydroxyl groups is 3. The molecule has 0 bridgehead atoms. The maximum atomic E-state index is 13.4. The largest absolute Gasteiger partial charge is 0.511 e. The lowest BCUT2D eigenvalue weighted by atomic mass is 9.60. The molecule has 7 nitrogen and oxygen atoms in total. The Hall–Kier alpha value is -2.83. The number of carbonyl (C=O) groups excluding carboxylic acids is 3. The van der Waals surface area contributed by atoms with Gasteiger partial charge in [-0.1, -0.05) is 20.8 Å². The molecule has 1 atom stereocenters. The number of phenols is 3. The van der Waals surface area contributed by atoms with Crippen molar-refractivity contribution < 1.29 is 34.8 Å². The first-order valence-electron chi connectivity index (χ1n) is 10.9. The lowest BCUT2D eigenvalue weighted by molar-refractivity contribution is -0.144. The topological polar surface area (TPSA) is 132 Å². The summed E-state index contributed by atoms with van der Waals surface area (Å²) in [4.78, 5) is 38.9. The molecule has 0 saturated carbocycles. The fourth-order valence-corrected chi connectivity index (χ4v) is 4.57. The van der Waals surface area contributed by atoms with E-state index in [9.17, 15) is 34.8 Å². The highest BCUT2D eigenvalue weighted by molar-refractivity contribution is 6.19. The Morgan fingerprint density at radius 1 is 0.969 bits per heavy atom. The first kappa shape index (κ1) is 25.4. The van der Waals surface area contributed by atoms with Crippen LogP contribution in [0.25, 0.3) is 0 Å². The van der Waals surface area contributed by atoms with E-state index in [0.717, 1.165) is 6.07 Å². The molecule has 2 rings (SSSR count). The fourth-order valence-electron chi connectivity index (χ4n) is 4.57. The van der Waals surface area contributed by atoms with E-state index in [1.165, 1.54) is 27.7 Å². The molecule has 0 spiro atoms. The molecular weight excluding hydrogens is 412 g/mol. The third kappa shape index (κ3) is 4.00. The lowest BCUT2D eigenvalue weighted by Crippen LogP contribution is -2.49. The Morgan fingerprint density at radius 3 is 2.03 bits per heavy atom. The molecular formula is C25H34O7. The molecule has 0 heterocycles. The van der Waals surface area contributed by atoms with E-state index in [4.69, 9.17) is 0 Å². The van der Waals surface area contributed by atoms with E-state index in [2.05, 4.69) is 0 Å². The van der Waals surface area contributed by atoms with E-state index in [1.54, 1.807) is 6.92 Å². The van der Waals surface area contributed by atoms with Gasteiger partial charge < -0.3 is 20.4 Å². The Morgan fingerprint density at radius 2 is 1.53 bits per heavy atom. The van der Waals surface area contributed by atoms with Gasteiger partial charge >= 0.3 is 0 Å². The summed E-state index contributed by atoms with van der Waals surface area (Å²) in [5, 5.41) is 43.0. The molecule has 1 aliphatic carbocycles. The highest BCUT2D eigenvalue weighted by atomic mass is 16.3. The van der Waals surface area contributed by atoms with Gasteiger partial charge in [-0.05, 0) is 46.5 Å².